The Labute approximate surface area is 163 Å². The molecule has 0 spiro atoms. The van der Waals surface area contributed by atoms with E-state index in [9.17, 15) is 4.79 Å². The summed E-state index contributed by atoms with van der Waals surface area (Å²) in [4.78, 5) is 13.0. The summed E-state index contributed by atoms with van der Waals surface area (Å²) in [7, 11) is 1.64. The predicted octanol–water partition coefficient (Wildman–Crippen LogP) is 1.13. The Balaban J connectivity index is 1.41. The summed E-state index contributed by atoms with van der Waals surface area (Å²) in [6.07, 6.45) is 0.701. The third-order valence-corrected chi connectivity index (χ3v) is 5.44. The highest BCUT2D eigenvalue weighted by Crippen LogP contribution is 2.28. The monoisotopic (exact) mass is 386 g/mol. The van der Waals surface area contributed by atoms with E-state index in [1.807, 2.05) is 37.3 Å². The van der Waals surface area contributed by atoms with Crippen molar-refractivity contribution in [3.63, 3.8) is 0 Å². The number of hydrogen-bond donors (Lipinski definition) is 3. The minimum atomic E-state index is -0.221. The van der Waals surface area contributed by atoms with Gasteiger partial charge in [0, 0.05) is 24.9 Å². The Hall–Kier alpha value is -2.42. The summed E-state index contributed by atoms with van der Waals surface area (Å²) in [6, 6.07) is 9.56. The number of methoxy groups -OCH3 is 1. The van der Waals surface area contributed by atoms with Gasteiger partial charge in [-0.05, 0) is 24.6 Å². The van der Waals surface area contributed by atoms with Gasteiger partial charge in [-0.2, -0.15) is 0 Å². The number of rotatable bonds is 6. The smallest absolute Gasteiger partial charge is 0.226 e. The van der Waals surface area contributed by atoms with Crippen molar-refractivity contribution in [1.29, 1.82) is 0 Å². The summed E-state index contributed by atoms with van der Waals surface area (Å²) < 4.78 is 16.3. The van der Waals surface area contributed by atoms with Crippen LogP contribution in [-0.2, 0) is 16.0 Å². The molecule has 2 aromatic rings. The average molecular weight is 386 g/mol. The molecule has 0 aliphatic carbocycles. The number of amides is 1. The molecule has 2 fully saturated rings. The average Bonchev–Trinajstić information content (AvgIpc) is 3.44. The summed E-state index contributed by atoms with van der Waals surface area (Å²) >= 11 is 0. The lowest BCUT2D eigenvalue weighted by Gasteiger charge is -2.23. The molecule has 150 valence electrons. The Kier molecular flexibility index (Phi) is 5.61. The first-order valence-electron chi connectivity index (χ1n) is 9.56. The van der Waals surface area contributed by atoms with Gasteiger partial charge >= 0.3 is 0 Å². The largest absolute Gasteiger partial charge is 0.497 e. The van der Waals surface area contributed by atoms with E-state index < -0.39 is 0 Å². The number of ether oxygens (including phenoxy) is 2. The third-order valence-electron chi connectivity index (χ3n) is 5.44. The van der Waals surface area contributed by atoms with Crippen LogP contribution >= 0.6 is 0 Å². The fourth-order valence-corrected chi connectivity index (χ4v) is 3.91. The van der Waals surface area contributed by atoms with Crippen molar-refractivity contribution in [2.45, 2.75) is 25.4 Å². The molecule has 0 saturated carbocycles. The van der Waals surface area contributed by atoms with Crippen molar-refractivity contribution in [2.75, 3.05) is 26.9 Å². The van der Waals surface area contributed by atoms with Gasteiger partial charge in [0.05, 0.1) is 44.0 Å². The quantitative estimate of drug-likeness (QED) is 0.685. The van der Waals surface area contributed by atoms with E-state index >= 15 is 0 Å². The van der Waals surface area contributed by atoms with Crippen LogP contribution < -0.4 is 20.9 Å². The highest BCUT2D eigenvalue weighted by molar-refractivity contribution is 5.80. The van der Waals surface area contributed by atoms with Crippen molar-refractivity contribution in [3.05, 3.63) is 47.3 Å². The molecule has 2 saturated heterocycles. The minimum absolute atomic E-state index is 0.0135. The molecule has 3 heterocycles. The van der Waals surface area contributed by atoms with Gasteiger partial charge in [0.25, 0.3) is 0 Å². The van der Waals surface area contributed by atoms with Crippen LogP contribution in [0.1, 0.15) is 23.1 Å². The molecule has 1 aromatic carbocycles. The van der Waals surface area contributed by atoms with Crippen LogP contribution in [-0.4, -0.2) is 44.0 Å². The zero-order chi connectivity index (χ0) is 19.5. The number of hydrazine groups is 1. The highest BCUT2D eigenvalue weighted by Gasteiger charge is 2.37. The maximum atomic E-state index is 13.0. The predicted molar refractivity (Wildman–Crippen MR) is 102 cm³/mol. The number of aryl methyl sites for hydroxylation is 1. The van der Waals surface area contributed by atoms with E-state index in [0.717, 1.165) is 22.8 Å². The van der Waals surface area contributed by atoms with Crippen molar-refractivity contribution in [2.24, 2.45) is 11.8 Å². The van der Waals surface area contributed by atoms with Crippen LogP contribution in [0.2, 0.25) is 0 Å². The third kappa shape index (κ3) is 4.04. The normalized spacial score (nSPS) is 27.1. The minimum Gasteiger partial charge on any atom is -0.497 e. The fourth-order valence-electron chi connectivity index (χ4n) is 3.91. The number of hydrogen-bond acceptors (Lipinski definition) is 7. The van der Waals surface area contributed by atoms with E-state index in [2.05, 4.69) is 21.3 Å². The first kappa shape index (κ1) is 18.9. The van der Waals surface area contributed by atoms with Crippen LogP contribution in [0.4, 0.5) is 0 Å². The molecule has 8 heteroatoms. The Morgan fingerprint density at radius 1 is 1.36 bits per heavy atom. The Morgan fingerprint density at radius 3 is 3.04 bits per heavy atom. The van der Waals surface area contributed by atoms with Gasteiger partial charge in [-0.3, -0.25) is 10.2 Å². The second-order valence-corrected chi connectivity index (χ2v) is 7.44. The second-order valence-electron chi connectivity index (χ2n) is 7.44. The molecule has 8 nitrogen and oxygen atoms in total. The van der Waals surface area contributed by atoms with Crippen molar-refractivity contribution >= 4 is 5.91 Å². The van der Waals surface area contributed by atoms with Crippen LogP contribution in [0.5, 0.6) is 5.75 Å². The maximum absolute atomic E-state index is 13.0. The number of benzene rings is 1. The summed E-state index contributed by atoms with van der Waals surface area (Å²) in [5.41, 5.74) is 8.20. The van der Waals surface area contributed by atoms with Crippen molar-refractivity contribution in [1.82, 2.24) is 21.3 Å². The number of nitrogens with one attached hydrogen (secondary N) is 3. The zero-order valence-electron chi connectivity index (χ0n) is 16.1. The molecule has 1 amide bonds. The van der Waals surface area contributed by atoms with E-state index in [-0.39, 0.29) is 29.8 Å². The van der Waals surface area contributed by atoms with Gasteiger partial charge < -0.3 is 19.3 Å². The van der Waals surface area contributed by atoms with Crippen LogP contribution in [0.25, 0.3) is 0 Å². The molecule has 2 aliphatic heterocycles. The van der Waals surface area contributed by atoms with E-state index in [1.165, 1.54) is 0 Å². The van der Waals surface area contributed by atoms with Crippen LogP contribution in [0, 0.1) is 18.8 Å². The lowest BCUT2D eigenvalue weighted by Crippen LogP contribution is -2.45. The maximum Gasteiger partial charge on any atom is 0.226 e. The van der Waals surface area contributed by atoms with Crippen molar-refractivity contribution < 1.29 is 18.8 Å². The van der Waals surface area contributed by atoms with E-state index in [0.29, 0.717) is 26.2 Å². The molecule has 4 rings (SSSR count). The summed E-state index contributed by atoms with van der Waals surface area (Å²) in [6.45, 7) is 3.58. The molecule has 1 aromatic heterocycles. The van der Waals surface area contributed by atoms with Gasteiger partial charge in [-0.1, -0.05) is 17.3 Å². The summed E-state index contributed by atoms with van der Waals surface area (Å²) in [5, 5.41) is 7.12. The molecular weight excluding hydrogens is 360 g/mol. The Bertz CT molecular complexity index is 824. The lowest BCUT2D eigenvalue weighted by atomic mass is 9.92. The van der Waals surface area contributed by atoms with Crippen molar-refractivity contribution in [3.8, 4) is 5.75 Å². The molecule has 28 heavy (non-hydrogen) atoms. The molecular formula is C20H26N4O4. The Morgan fingerprint density at radius 2 is 2.25 bits per heavy atom. The lowest BCUT2D eigenvalue weighted by molar-refractivity contribution is -0.125. The zero-order valence-corrected chi connectivity index (χ0v) is 16.1. The first-order valence-corrected chi connectivity index (χ1v) is 9.56. The molecule has 2 aliphatic rings. The van der Waals surface area contributed by atoms with Gasteiger partial charge in [0.1, 0.15) is 11.5 Å². The van der Waals surface area contributed by atoms with Gasteiger partial charge in [0.2, 0.25) is 5.91 Å². The SMILES string of the molecule is COc1cccc(C2NNCC2C(=O)N[C@H]2COC[C@H]2Cc2cc(C)no2)c1. The highest BCUT2D eigenvalue weighted by atomic mass is 16.5. The standard InChI is InChI=1S/C20H26N4O4/c1-12-6-16(28-24-12)8-14-10-27-11-18(14)22-20(25)17-9-21-23-19(17)13-4-3-5-15(7-13)26-2/h3-7,14,17-19,21,23H,8-11H2,1-2H3,(H,22,25)/t14-,17?,18+,19?/m1/s1. The van der Waals surface area contributed by atoms with Gasteiger partial charge in [-0.25, -0.2) is 5.43 Å². The molecule has 3 N–H and O–H groups in total. The topological polar surface area (TPSA) is 97.7 Å². The number of carbonyl (C=O) groups excluding carboxylic acids is 1. The number of aromatic nitrogens is 1. The molecule has 4 atom stereocenters. The van der Waals surface area contributed by atoms with E-state index in [1.54, 1.807) is 7.11 Å². The number of carbonyl (C=O) groups is 1. The first-order chi connectivity index (χ1) is 13.6. The van der Waals surface area contributed by atoms with Gasteiger partial charge in [-0.15, -0.1) is 0 Å². The number of nitrogens with zero attached hydrogens (tertiary/aromatic N) is 1. The van der Waals surface area contributed by atoms with Crippen LogP contribution in [0.15, 0.2) is 34.9 Å². The fraction of sp³-hybridized carbons (Fsp3) is 0.500. The molecule has 2 unspecified atom stereocenters. The summed E-state index contributed by atoms with van der Waals surface area (Å²) in [5.74, 6) is 1.57. The second kappa shape index (κ2) is 8.30. The molecule has 0 bridgehead atoms. The van der Waals surface area contributed by atoms with E-state index in [4.69, 9.17) is 14.0 Å². The van der Waals surface area contributed by atoms with Crippen LogP contribution in [0.3, 0.4) is 0 Å². The molecule has 0 radical (unpaired) electrons. The van der Waals surface area contributed by atoms with Gasteiger partial charge in [0.15, 0.2) is 0 Å².